The highest BCUT2D eigenvalue weighted by molar-refractivity contribution is 7.91. The number of aryl methyl sites for hydroxylation is 2. The van der Waals surface area contributed by atoms with Gasteiger partial charge in [0.1, 0.15) is 0 Å². The molecule has 1 saturated heterocycles. The summed E-state index contributed by atoms with van der Waals surface area (Å²) in [6.07, 6.45) is 0.854. The summed E-state index contributed by atoms with van der Waals surface area (Å²) in [6, 6.07) is 0. The van der Waals surface area contributed by atoms with Gasteiger partial charge >= 0.3 is 0 Å². The van der Waals surface area contributed by atoms with E-state index in [4.69, 9.17) is 5.73 Å². The molecule has 0 aliphatic carbocycles. The second-order valence-corrected chi connectivity index (χ2v) is 7.70. The Bertz CT molecular complexity index is 510. The molecule has 1 aliphatic heterocycles. The molecular formula is C10H17N3O2S2. The summed E-state index contributed by atoms with van der Waals surface area (Å²) in [5.74, 6) is 0.291. The van der Waals surface area contributed by atoms with E-state index in [9.17, 15) is 8.42 Å². The number of nitrogens with zero attached hydrogens (tertiary/aromatic N) is 2. The molecule has 5 nitrogen and oxygen atoms in total. The Morgan fingerprint density at radius 2 is 2.24 bits per heavy atom. The summed E-state index contributed by atoms with van der Waals surface area (Å²) in [7, 11) is -3.36. The highest BCUT2D eigenvalue weighted by Crippen LogP contribution is 2.29. The molecule has 1 atom stereocenters. The lowest BCUT2D eigenvalue weighted by Gasteiger charge is -2.15. The molecule has 1 unspecified atom stereocenters. The van der Waals surface area contributed by atoms with Crippen LogP contribution in [-0.2, 0) is 10.0 Å². The van der Waals surface area contributed by atoms with Crippen molar-refractivity contribution in [3.63, 3.8) is 0 Å². The Kier molecular flexibility index (Phi) is 3.53. The van der Waals surface area contributed by atoms with Crippen LogP contribution in [0.4, 0.5) is 0 Å². The van der Waals surface area contributed by atoms with Crippen LogP contribution in [-0.4, -0.2) is 37.3 Å². The van der Waals surface area contributed by atoms with Gasteiger partial charge in [-0.1, -0.05) is 0 Å². The first-order chi connectivity index (χ1) is 7.95. The Labute approximate surface area is 106 Å². The van der Waals surface area contributed by atoms with Crippen molar-refractivity contribution in [1.82, 2.24) is 9.29 Å². The van der Waals surface area contributed by atoms with Gasteiger partial charge in [-0.3, -0.25) is 0 Å². The van der Waals surface area contributed by atoms with Crippen LogP contribution in [0.15, 0.2) is 4.21 Å². The van der Waals surface area contributed by atoms with E-state index >= 15 is 0 Å². The topological polar surface area (TPSA) is 76.3 Å². The van der Waals surface area contributed by atoms with Gasteiger partial charge in [-0.25, -0.2) is 13.4 Å². The van der Waals surface area contributed by atoms with E-state index in [-0.39, 0.29) is 0 Å². The highest BCUT2D eigenvalue weighted by Gasteiger charge is 2.34. The summed E-state index contributed by atoms with van der Waals surface area (Å²) < 4.78 is 26.7. The van der Waals surface area contributed by atoms with Crippen molar-refractivity contribution in [2.24, 2.45) is 11.7 Å². The fourth-order valence-corrected chi connectivity index (χ4v) is 5.23. The van der Waals surface area contributed by atoms with E-state index in [1.807, 2.05) is 6.92 Å². The minimum atomic E-state index is -3.36. The maximum Gasteiger partial charge on any atom is 0.254 e. The predicted octanol–water partition coefficient (Wildman–Crippen LogP) is 0.729. The van der Waals surface area contributed by atoms with Crippen LogP contribution in [0, 0.1) is 19.8 Å². The van der Waals surface area contributed by atoms with Crippen molar-refractivity contribution in [3.05, 3.63) is 10.7 Å². The number of thiazole rings is 1. The van der Waals surface area contributed by atoms with Crippen LogP contribution in [0.5, 0.6) is 0 Å². The zero-order valence-electron chi connectivity index (χ0n) is 10.0. The first kappa shape index (κ1) is 12.9. The minimum Gasteiger partial charge on any atom is -0.330 e. The summed E-state index contributed by atoms with van der Waals surface area (Å²) in [6.45, 7) is 5.22. The minimum absolute atomic E-state index is 0.291. The van der Waals surface area contributed by atoms with Crippen LogP contribution in [0.25, 0.3) is 0 Å². The van der Waals surface area contributed by atoms with Gasteiger partial charge in [-0.05, 0) is 32.7 Å². The molecule has 2 rings (SSSR count). The normalized spacial score (nSPS) is 22.2. The van der Waals surface area contributed by atoms with Crippen molar-refractivity contribution >= 4 is 21.4 Å². The van der Waals surface area contributed by atoms with Crippen molar-refractivity contribution in [3.8, 4) is 0 Å². The molecule has 0 radical (unpaired) electrons. The Hall–Kier alpha value is -0.500. The molecular weight excluding hydrogens is 258 g/mol. The standard InChI is InChI=1S/C10H17N3O2S2/c1-7-10(16-8(2)12-7)17(14,15)13-4-3-9(5-11)6-13/h9H,3-6,11H2,1-2H3. The van der Waals surface area contributed by atoms with Crippen molar-refractivity contribution in [2.75, 3.05) is 19.6 Å². The average molecular weight is 275 g/mol. The predicted molar refractivity (Wildman–Crippen MR) is 67.5 cm³/mol. The SMILES string of the molecule is Cc1nc(C)c(S(=O)(=O)N2CCC(CN)C2)s1. The molecule has 1 aliphatic rings. The molecule has 2 heterocycles. The van der Waals surface area contributed by atoms with Gasteiger partial charge in [0.05, 0.1) is 10.7 Å². The second-order valence-electron chi connectivity index (χ2n) is 4.36. The van der Waals surface area contributed by atoms with Gasteiger partial charge in [0, 0.05) is 13.1 Å². The lowest BCUT2D eigenvalue weighted by Crippen LogP contribution is -2.29. The third-order valence-corrected chi connectivity index (χ3v) is 6.54. The van der Waals surface area contributed by atoms with Crippen molar-refractivity contribution in [2.45, 2.75) is 24.5 Å². The molecule has 7 heteroatoms. The van der Waals surface area contributed by atoms with Crippen LogP contribution < -0.4 is 5.73 Å². The molecule has 0 aromatic carbocycles. The van der Waals surface area contributed by atoms with Crippen LogP contribution in [0.3, 0.4) is 0 Å². The van der Waals surface area contributed by atoms with Crippen LogP contribution in [0.1, 0.15) is 17.1 Å². The number of rotatable bonds is 3. The molecule has 0 amide bonds. The first-order valence-corrected chi connectivity index (χ1v) is 7.85. The second kappa shape index (κ2) is 4.64. The summed E-state index contributed by atoms with van der Waals surface area (Å²) >= 11 is 1.24. The van der Waals surface area contributed by atoms with E-state index in [1.165, 1.54) is 15.6 Å². The van der Waals surface area contributed by atoms with Gasteiger partial charge in [-0.15, -0.1) is 11.3 Å². The van der Waals surface area contributed by atoms with Crippen LogP contribution in [0.2, 0.25) is 0 Å². The summed E-state index contributed by atoms with van der Waals surface area (Å²) in [5.41, 5.74) is 6.18. The van der Waals surface area contributed by atoms with E-state index in [0.717, 1.165) is 11.4 Å². The first-order valence-electron chi connectivity index (χ1n) is 5.59. The number of nitrogens with two attached hydrogens (primary N) is 1. The third kappa shape index (κ3) is 2.37. The molecule has 2 N–H and O–H groups in total. The van der Waals surface area contributed by atoms with Gasteiger partial charge in [0.2, 0.25) is 0 Å². The number of sulfonamides is 1. The lowest BCUT2D eigenvalue weighted by molar-refractivity contribution is 0.460. The Morgan fingerprint density at radius 1 is 1.53 bits per heavy atom. The average Bonchev–Trinajstić information content (AvgIpc) is 2.85. The zero-order chi connectivity index (χ0) is 12.6. The lowest BCUT2D eigenvalue weighted by atomic mass is 10.1. The molecule has 17 heavy (non-hydrogen) atoms. The Morgan fingerprint density at radius 3 is 2.71 bits per heavy atom. The van der Waals surface area contributed by atoms with Gasteiger partial charge in [-0.2, -0.15) is 4.31 Å². The van der Waals surface area contributed by atoms with Gasteiger partial charge in [0.15, 0.2) is 4.21 Å². The molecule has 1 aromatic heterocycles. The number of hydrogen-bond donors (Lipinski definition) is 1. The van der Waals surface area contributed by atoms with Gasteiger partial charge < -0.3 is 5.73 Å². The molecule has 1 fully saturated rings. The smallest absolute Gasteiger partial charge is 0.254 e. The molecule has 0 spiro atoms. The fourth-order valence-electron chi connectivity index (χ4n) is 2.08. The van der Waals surface area contributed by atoms with E-state index < -0.39 is 10.0 Å². The fraction of sp³-hybridized carbons (Fsp3) is 0.700. The quantitative estimate of drug-likeness (QED) is 0.882. The number of hydrogen-bond acceptors (Lipinski definition) is 5. The molecule has 0 saturated carbocycles. The van der Waals surface area contributed by atoms with E-state index in [2.05, 4.69) is 4.98 Å². The largest absolute Gasteiger partial charge is 0.330 e. The van der Waals surface area contributed by atoms with Crippen molar-refractivity contribution < 1.29 is 8.42 Å². The van der Waals surface area contributed by atoms with Crippen LogP contribution >= 0.6 is 11.3 Å². The molecule has 1 aromatic rings. The summed E-state index contributed by atoms with van der Waals surface area (Å²) in [4.78, 5) is 4.18. The monoisotopic (exact) mass is 275 g/mol. The summed E-state index contributed by atoms with van der Waals surface area (Å²) in [5, 5.41) is 0.788. The number of aromatic nitrogens is 1. The Balaban J connectivity index is 2.28. The zero-order valence-corrected chi connectivity index (χ0v) is 11.6. The van der Waals surface area contributed by atoms with E-state index in [1.54, 1.807) is 6.92 Å². The van der Waals surface area contributed by atoms with E-state index in [0.29, 0.717) is 35.5 Å². The van der Waals surface area contributed by atoms with Crippen molar-refractivity contribution in [1.29, 1.82) is 0 Å². The molecule has 0 bridgehead atoms. The third-order valence-electron chi connectivity index (χ3n) is 3.02. The maximum atomic E-state index is 12.4. The molecule has 96 valence electrons. The maximum absolute atomic E-state index is 12.4. The van der Waals surface area contributed by atoms with Gasteiger partial charge in [0.25, 0.3) is 10.0 Å². The highest BCUT2D eigenvalue weighted by atomic mass is 32.2.